The van der Waals surface area contributed by atoms with Crippen LogP contribution >= 0.6 is 0 Å². The molecule has 0 aromatic carbocycles. The molecule has 1 amide bonds. The molecule has 0 atom stereocenters. The lowest BCUT2D eigenvalue weighted by Crippen LogP contribution is -2.32. The third-order valence-electron chi connectivity index (χ3n) is 2.93. The maximum Gasteiger partial charge on any atom is 0.223 e. The highest BCUT2D eigenvalue weighted by atomic mass is 16.2. The minimum absolute atomic E-state index is 0.373. The van der Waals surface area contributed by atoms with E-state index in [9.17, 15) is 4.79 Å². The highest BCUT2D eigenvalue weighted by molar-refractivity contribution is 5.80. The van der Waals surface area contributed by atoms with Gasteiger partial charge in [-0.25, -0.2) is 0 Å². The van der Waals surface area contributed by atoms with Crippen molar-refractivity contribution in [2.75, 3.05) is 6.54 Å². The molecular formula is C9H15NO. The van der Waals surface area contributed by atoms with Crippen LogP contribution in [-0.4, -0.2) is 23.4 Å². The summed E-state index contributed by atoms with van der Waals surface area (Å²) in [6, 6.07) is 0.405. The zero-order valence-electron chi connectivity index (χ0n) is 7.26. The molecule has 2 nitrogen and oxygen atoms in total. The molecule has 0 aromatic rings. The first kappa shape index (κ1) is 7.14. The predicted molar refractivity (Wildman–Crippen MR) is 43.1 cm³/mol. The molecule has 1 aliphatic carbocycles. The molecule has 0 aromatic heterocycles. The molecule has 0 N–H and O–H groups in total. The molecule has 1 saturated heterocycles. The number of amides is 1. The quantitative estimate of drug-likeness (QED) is 0.557. The summed E-state index contributed by atoms with van der Waals surface area (Å²) < 4.78 is 0. The zero-order valence-corrected chi connectivity index (χ0v) is 7.26. The smallest absolute Gasteiger partial charge is 0.223 e. The molecule has 1 heterocycles. The van der Waals surface area contributed by atoms with Crippen LogP contribution in [0, 0.1) is 5.41 Å². The monoisotopic (exact) mass is 153 g/mol. The van der Waals surface area contributed by atoms with Crippen LogP contribution in [0.5, 0.6) is 0 Å². The highest BCUT2D eigenvalue weighted by Gasteiger charge is 2.51. The molecule has 2 aliphatic rings. The Bertz CT molecular complexity index is 194. The van der Waals surface area contributed by atoms with E-state index >= 15 is 0 Å². The SMILES string of the molecule is CC(C)N1CC2(CC2)CC1=O. The van der Waals surface area contributed by atoms with Gasteiger partial charge in [0.1, 0.15) is 0 Å². The minimum Gasteiger partial charge on any atom is -0.340 e. The van der Waals surface area contributed by atoms with Gasteiger partial charge in [-0.2, -0.15) is 0 Å². The van der Waals surface area contributed by atoms with E-state index in [1.54, 1.807) is 0 Å². The van der Waals surface area contributed by atoms with Crippen LogP contribution in [0.1, 0.15) is 33.1 Å². The second-order valence-corrected chi connectivity index (χ2v) is 4.29. The molecule has 2 heteroatoms. The van der Waals surface area contributed by atoms with Gasteiger partial charge in [0.15, 0.2) is 0 Å². The normalized spacial score (nSPS) is 27.2. The van der Waals surface area contributed by atoms with Crippen LogP contribution in [-0.2, 0) is 4.79 Å². The van der Waals surface area contributed by atoms with Crippen LogP contribution in [0.25, 0.3) is 0 Å². The van der Waals surface area contributed by atoms with Gasteiger partial charge < -0.3 is 4.90 Å². The van der Waals surface area contributed by atoms with Gasteiger partial charge in [0, 0.05) is 19.0 Å². The van der Waals surface area contributed by atoms with Gasteiger partial charge in [-0.05, 0) is 32.1 Å². The number of nitrogens with zero attached hydrogens (tertiary/aromatic N) is 1. The van der Waals surface area contributed by atoms with Crippen LogP contribution < -0.4 is 0 Å². The van der Waals surface area contributed by atoms with E-state index in [1.165, 1.54) is 12.8 Å². The zero-order chi connectivity index (χ0) is 8.06. The lowest BCUT2D eigenvalue weighted by atomic mass is 10.1. The summed E-state index contributed by atoms with van der Waals surface area (Å²) >= 11 is 0. The largest absolute Gasteiger partial charge is 0.340 e. The second kappa shape index (κ2) is 1.99. The molecule has 2 rings (SSSR count). The Morgan fingerprint density at radius 3 is 2.36 bits per heavy atom. The summed E-state index contributed by atoms with van der Waals surface area (Å²) in [4.78, 5) is 13.4. The van der Waals surface area contributed by atoms with Crippen molar-refractivity contribution < 1.29 is 4.79 Å². The van der Waals surface area contributed by atoms with Crippen LogP contribution in [0.15, 0.2) is 0 Å². The van der Waals surface area contributed by atoms with Gasteiger partial charge in [0.05, 0.1) is 0 Å². The van der Waals surface area contributed by atoms with Crippen LogP contribution in [0.4, 0.5) is 0 Å². The predicted octanol–water partition coefficient (Wildman–Crippen LogP) is 1.41. The number of carbonyl (C=O) groups is 1. The van der Waals surface area contributed by atoms with E-state index < -0.39 is 0 Å². The van der Waals surface area contributed by atoms with Gasteiger partial charge in [0.2, 0.25) is 5.91 Å². The average Bonchev–Trinajstić information content (AvgIpc) is 2.54. The fourth-order valence-corrected chi connectivity index (χ4v) is 1.91. The van der Waals surface area contributed by atoms with Gasteiger partial charge >= 0.3 is 0 Å². The maximum atomic E-state index is 11.4. The Morgan fingerprint density at radius 2 is 2.09 bits per heavy atom. The van der Waals surface area contributed by atoms with Crippen LogP contribution in [0.2, 0.25) is 0 Å². The molecule has 1 saturated carbocycles. The van der Waals surface area contributed by atoms with E-state index in [0.29, 0.717) is 17.4 Å². The summed E-state index contributed by atoms with van der Waals surface area (Å²) in [5.41, 5.74) is 0.446. The fourth-order valence-electron chi connectivity index (χ4n) is 1.91. The molecule has 2 fully saturated rings. The molecule has 1 spiro atoms. The lowest BCUT2D eigenvalue weighted by Gasteiger charge is -2.20. The topological polar surface area (TPSA) is 20.3 Å². The number of likely N-dealkylation sites (tertiary alicyclic amines) is 1. The first-order valence-electron chi connectivity index (χ1n) is 4.42. The van der Waals surface area contributed by atoms with E-state index in [1.807, 2.05) is 4.90 Å². The number of hydrogen-bond donors (Lipinski definition) is 0. The van der Waals surface area contributed by atoms with E-state index in [2.05, 4.69) is 13.8 Å². The Labute approximate surface area is 67.6 Å². The lowest BCUT2D eigenvalue weighted by molar-refractivity contribution is -0.129. The average molecular weight is 153 g/mol. The summed E-state index contributed by atoms with van der Waals surface area (Å²) in [5.74, 6) is 0.373. The summed E-state index contributed by atoms with van der Waals surface area (Å²) in [5, 5.41) is 0. The third kappa shape index (κ3) is 1.05. The minimum atomic E-state index is 0.373. The Balaban J connectivity index is 2.08. The molecule has 0 bridgehead atoms. The van der Waals surface area contributed by atoms with E-state index in [4.69, 9.17) is 0 Å². The van der Waals surface area contributed by atoms with Crippen molar-refractivity contribution in [2.45, 2.75) is 39.2 Å². The third-order valence-corrected chi connectivity index (χ3v) is 2.93. The Morgan fingerprint density at radius 1 is 1.45 bits per heavy atom. The van der Waals surface area contributed by atoms with Gasteiger partial charge in [0.25, 0.3) is 0 Å². The van der Waals surface area contributed by atoms with Crippen LogP contribution in [0.3, 0.4) is 0 Å². The van der Waals surface area contributed by atoms with Gasteiger partial charge in [-0.1, -0.05) is 0 Å². The molecule has 0 unspecified atom stereocenters. The van der Waals surface area contributed by atoms with Crippen molar-refractivity contribution in [3.8, 4) is 0 Å². The fraction of sp³-hybridized carbons (Fsp3) is 0.889. The Hall–Kier alpha value is -0.530. The number of rotatable bonds is 1. The van der Waals surface area contributed by atoms with E-state index in [0.717, 1.165) is 13.0 Å². The molecule has 1 aliphatic heterocycles. The van der Waals surface area contributed by atoms with Crippen molar-refractivity contribution >= 4 is 5.91 Å². The van der Waals surface area contributed by atoms with Crippen molar-refractivity contribution in [1.29, 1.82) is 0 Å². The number of hydrogen-bond acceptors (Lipinski definition) is 1. The first-order valence-corrected chi connectivity index (χ1v) is 4.42. The summed E-state index contributed by atoms with van der Waals surface area (Å²) in [6.07, 6.45) is 3.38. The molecule has 62 valence electrons. The molecular weight excluding hydrogens is 138 g/mol. The maximum absolute atomic E-state index is 11.4. The van der Waals surface area contributed by atoms with Crippen molar-refractivity contribution in [2.24, 2.45) is 5.41 Å². The second-order valence-electron chi connectivity index (χ2n) is 4.29. The van der Waals surface area contributed by atoms with Crippen molar-refractivity contribution in [3.63, 3.8) is 0 Å². The highest BCUT2D eigenvalue weighted by Crippen LogP contribution is 2.53. The Kier molecular flexibility index (Phi) is 1.29. The summed E-state index contributed by atoms with van der Waals surface area (Å²) in [6.45, 7) is 5.22. The first-order chi connectivity index (χ1) is 5.13. The number of carbonyl (C=O) groups excluding carboxylic acids is 1. The molecule has 11 heavy (non-hydrogen) atoms. The van der Waals surface area contributed by atoms with Gasteiger partial charge in [-0.15, -0.1) is 0 Å². The molecule has 0 radical (unpaired) electrons. The van der Waals surface area contributed by atoms with E-state index in [-0.39, 0.29) is 0 Å². The van der Waals surface area contributed by atoms with Crippen molar-refractivity contribution in [3.05, 3.63) is 0 Å². The van der Waals surface area contributed by atoms with Crippen molar-refractivity contribution in [1.82, 2.24) is 4.90 Å². The standard InChI is InChI=1S/C9H15NO/c1-7(2)10-6-9(3-4-9)5-8(10)11/h7H,3-6H2,1-2H3. The summed E-state index contributed by atoms with van der Waals surface area (Å²) in [7, 11) is 0. The van der Waals surface area contributed by atoms with Gasteiger partial charge in [-0.3, -0.25) is 4.79 Å².